The van der Waals surface area contributed by atoms with Crippen molar-refractivity contribution in [3.8, 4) is 5.75 Å². The van der Waals surface area contributed by atoms with Crippen LogP contribution in [0.15, 0.2) is 54.9 Å². The Morgan fingerprint density at radius 3 is 2.50 bits per heavy atom. The summed E-state index contributed by atoms with van der Waals surface area (Å²) in [5, 5.41) is 12.0. The number of aliphatic hydroxyl groups excluding tert-OH is 1. The molecule has 3 aromatic rings. The molecule has 10 nitrogen and oxygen atoms in total. The highest BCUT2D eigenvalue weighted by atomic mass is 19.1. The van der Waals surface area contributed by atoms with Crippen molar-refractivity contribution in [1.29, 1.82) is 0 Å². The number of nitrogens with one attached hydrogen (secondary N) is 1. The van der Waals surface area contributed by atoms with Gasteiger partial charge >= 0.3 is 0 Å². The summed E-state index contributed by atoms with van der Waals surface area (Å²) in [6, 6.07) is 12.3. The number of amides is 1. The number of hydrogen-bond donors (Lipinski definition) is 3. The second-order valence-electron chi connectivity index (χ2n) is 7.73. The molecule has 0 aliphatic carbocycles. The fraction of sp³-hybridized carbons (Fsp3) is 0.304. The highest BCUT2D eigenvalue weighted by Gasteiger charge is 2.21. The predicted molar refractivity (Wildman–Crippen MR) is 127 cm³/mol. The molecule has 0 saturated carbocycles. The number of aliphatic hydroxyl groups is 1. The zero-order valence-electron chi connectivity index (χ0n) is 18.5. The van der Waals surface area contributed by atoms with Crippen molar-refractivity contribution in [3.05, 3.63) is 60.4 Å². The molecule has 4 N–H and O–H groups in total. The van der Waals surface area contributed by atoms with E-state index >= 15 is 0 Å². The van der Waals surface area contributed by atoms with Gasteiger partial charge in [0.05, 0.1) is 0 Å². The van der Waals surface area contributed by atoms with E-state index in [2.05, 4.69) is 25.2 Å². The molecule has 1 fully saturated rings. The molecule has 1 aliphatic heterocycles. The van der Waals surface area contributed by atoms with Gasteiger partial charge < -0.3 is 30.7 Å². The van der Waals surface area contributed by atoms with E-state index in [0.717, 1.165) is 18.9 Å². The Hall–Kier alpha value is -3.99. The number of pyridine rings is 1. The number of alkyl halides is 1. The SMILES string of the molecule is Nc1nc(N2CCN(c3ccccn3)CC2)ncc1C(=O)Nc1ccc(OC[C@H](O)CF)cc1. The van der Waals surface area contributed by atoms with Crippen LogP contribution in [0, 0.1) is 0 Å². The van der Waals surface area contributed by atoms with Crippen LogP contribution in [0.4, 0.5) is 27.7 Å². The van der Waals surface area contributed by atoms with Crippen LogP contribution in [0.2, 0.25) is 0 Å². The lowest BCUT2D eigenvalue weighted by Gasteiger charge is -2.35. The topological polar surface area (TPSA) is 130 Å². The number of anilines is 4. The maximum absolute atomic E-state index is 12.7. The molecule has 1 amide bonds. The third-order valence-corrected chi connectivity index (χ3v) is 5.32. The number of aromatic nitrogens is 3. The normalized spacial score (nSPS) is 14.5. The van der Waals surface area contributed by atoms with Crippen molar-refractivity contribution in [2.24, 2.45) is 0 Å². The van der Waals surface area contributed by atoms with Crippen LogP contribution >= 0.6 is 0 Å². The molecule has 0 unspecified atom stereocenters. The van der Waals surface area contributed by atoms with Gasteiger partial charge in [-0.05, 0) is 36.4 Å². The standard InChI is InChI=1S/C23H26FN7O3/c24-13-17(32)15-34-18-6-4-16(5-7-18)28-22(33)19-14-27-23(29-21(19)25)31-11-9-30(10-12-31)20-3-1-2-8-26-20/h1-8,14,17,32H,9-13,15H2,(H,28,33)(H2,25,27,29)/t17-/m1/s1. The first-order valence-electron chi connectivity index (χ1n) is 10.8. The second-order valence-corrected chi connectivity index (χ2v) is 7.73. The summed E-state index contributed by atoms with van der Waals surface area (Å²) in [4.78, 5) is 30.0. The molecule has 2 aromatic heterocycles. The second kappa shape index (κ2) is 10.8. The minimum atomic E-state index is -1.17. The minimum Gasteiger partial charge on any atom is -0.491 e. The number of hydrogen-bond acceptors (Lipinski definition) is 9. The molecule has 11 heteroatoms. The average Bonchev–Trinajstić information content (AvgIpc) is 2.88. The fourth-order valence-corrected chi connectivity index (χ4v) is 3.46. The van der Waals surface area contributed by atoms with Crippen LogP contribution in [0.5, 0.6) is 5.75 Å². The number of nitrogens with zero attached hydrogens (tertiary/aromatic N) is 5. The Kier molecular flexibility index (Phi) is 7.33. The van der Waals surface area contributed by atoms with Crippen molar-refractivity contribution in [2.75, 3.05) is 60.3 Å². The van der Waals surface area contributed by atoms with E-state index in [0.29, 0.717) is 30.5 Å². The van der Waals surface area contributed by atoms with Gasteiger partial charge in [0.15, 0.2) is 0 Å². The van der Waals surface area contributed by atoms with E-state index in [-0.39, 0.29) is 18.0 Å². The lowest BCUT2D eigenvalue weighted by molar-refractivity contribution is 0.0842. The van der Waals surface area contributed by atoms with Crippen LogP contribution < -0.4 is 25.6 Å². The van der Waals surface area contributed by atoms with Crippen LogP contribution in [0.3, 0.4) is 0 Å². The number of halogens is 1. The lowest BCUT2D eigenvalue weighted by atomic mass is 10.2. The molecule has 0 bridgehead atoms. The summed E-state index contributed by atoms with van der Waals surface area (Å²) >= 11 is 0. The van der Waals surface area contributed by atoms with Crippen LogP contribution in [-0.2, 0) is 0 Å². The predicted octanol–water partition coefficient (Wildman–Crippen LogP) is 1.74. The summed E-state index contributed by atoms with van der Waals surface area (Å²) in [6.45, 7) is 1.93. The van der Waals surface area contributed by atoms with Crippen molar-refractivity contribution in [1.82, 2.24) is 15.0 Å². The Morgan fingerprint density at radius 2 is 1.85 bits per heavy atom. The van der Waals surface area contributed by atoms with E-state index < -0.39 is 18.7 Å². The summed E-state index contributed by atoms with van der Waals surface area (Å²) in [5.41, 5.74) is 6.75. The van der Waals surface area contributed by atoms with E-state index in [1.165, 1.54) is 6.20 Å². The first kappa shape index (κ1) is 23.2. The number of nitrogens with two attached hydrogens (primary N) is 1. The van der Waals surface area contributed by atoms with Gasteiger partial charge in [-0.3, -0.25) is 4.79 Å². The van der Waals surface area contributed by atoms with Crippen molar-refractivity contribution in [3.63, 3.8) is 0 Å². The molecule has 0 spiro atoms. The summed E-state index contributed by atoms with van der Waals surface area (Å²) in [5.74, 6) is 1.51. The quantitative estimate of drug-likeness (QED) is 0.453. The van der Waals surface area contributed by atoms with Gasteiger partial charge in [0.25, 0.3) is 5.91 Å². The Morgan fingerprint density at radius 1 is 1.12 bits per heavy atom. The van der Waals surface area contributed by atoms with Gasteiger partial charge in [-0.1, -0.05) is 6.07 Å². The monoisotopic (exact) mass is 467 g/mol. The molecule has 1 aliphatic rings. The van der Waals surface area contributed by atoms with E-state index in [1.807, 2.05) is 23.1 Å². The molecule has 4 rings (SSSR count). The molecule has 1 saturated heterocycles. The van der Waals surface area contributed by atoms with Crippen molar-refractivity contribution < 1.29 is 19.0 Å². The van der Waals surface area contributed by atoms with Gasteiger partial charge in [0.1, 0.15) is 42.3 Å². The molecular formula is C23H26FN7O3. The van der Waals surface area contributed by atoms with Gasteiger partial charge in [-0.15, -0.1) is 0 Å². The van der Waals surface area contributed by atoms with E-state index in [9.17, 15) is 14.3 Å². The first-order valence-corrected chi connectivity index (χ1v) is 10.8. The highest BCUT2D eigenvalue weighted by molar-refractivity contribution is 6.07. The van der Waals surface area contributed by atoms with E-state index in [4.69, 9.17) is 10.5 Å². The zero-order chi connectivity index (χ0) is 23.9. The Labute approximate surface area is 196 Å². The Balaban J connectivity index is 1.33. The number of piperazine rings is 1. The Bertz CT molecular complexity index is 1090. The number of carbonyl (C=O) groups excluding carboxylic acids is 1. The maximum atomic E-state index is 12.7. The smallest absolute Gasteiger partial charge is 0.260 e. The van der Waals surface area contributed by atoms with E-state index in [1.54, 1.807) is 30.5 Å². The highest BCUT2D eigenvalue weighted by Crippen LogP contribution is 2.20. The van der Waals surface area contributed by atoms with Gasteiger partial charge in [-0.2, -0.15) is 4.98 Å². The average molecular weight is 468 g/mol. The molecule has 178 valence electrons. The van der Waals surface area contributed by atoms with Gasteiger partial charge in [0.2, 0.25) is 5.95 Å². The van der Waals surface area contributed by atoms with Crippen molar-refractivity contribution >= 4 is 29.2 Å². The van der Waals surface area contributed by atoms with Gasteiger partial charge in [-0.25, -0.2) is 14.4 Å². The maximum Gasteiger partial charge on any atom is 0.260 e. The molecule has 3 heterocycles. The molecule has 0 radical (unpaired) electrons. The molecule has 1 atom stereocenters. The number of carbonyl (C=O) groups is 1. The number of nitrogen functional groups attached to an aromatic ring is 1. The van der Waals surface area contributed by atoms with Gasteiger partial charge in [0, 0.05) is 44.3 Å². The molecule has 34 heavy (non-hydrogen) atoms. The number of benzene rings is 1. The van der Waals surface area contributed by atoms with Crippen molar-refractivity contribution in [2.45, 2.75) is 6.10 Å². The first-order chi connectivity index (χ1) is 16.5. The summed E-state index contributed by atoms with van der Waals surface area (Å²) < 4.78 is 17.6. The molecular weight excluding hydrogens is 441 g/mol. The number of ether oxygens (including phenoxy) is 1. The largest absolute Gasteiger partial charge is 0.491 e. The third-order valence-electron chi connectivity index (χ3n) is 5.32. The fourth-order valence-electron chi connectivity index (χ4n) is 3.46. The molecule has 1 aromatic carbocycles. The summed E-state index contributed by atoms with van der Waals surface area (Å²) in [7, 11) is 0. The van der Waals surface area contributed by atoms with Crippen LogP contribution in [-0.4, -0.2) is 71.5 Å². The zero-order valence-corrected chi connectivity index (χ0v) is 18.5. The number of rotatable bonds is 8. The third kappa shape index (κ3) is 5.67. The summed E-state index contributed by atoms with van der Waals surface area (Å²) in [6.07, 6.45) is 2.03. The van der Waals surface area contributed by atoms with Crippen LogP contribution in [0.1, 0.15) is 10.4 Å². The lowest BCUT2D eigenvalue weighted by Crippen LogP contribution is -2.47. The minimum absolute atomic E-state index is 0.0924. The van der Waals surface area contributed by atoms with Crippen LogP contribution in [0.25, 0.3) is 0 Å².